The summed E-state index contributed by atoms with van der Waals surface area (Å²) in [6.45, 7) is 1.95. The van der Waals surface area contributed by atoms with Crippen LogP contribution in [0.1, 0.15) is 21.5 Å². The fraction of sp³-hybridized carbons (Fsp3) is 0.0357. The Balaban J connectivity index is 1.60. The highest BCUT2D eigenvalue weighted by Gasteiger charge is 2.15. The molecule has 0 aromatic heterocycles. The van der Waals surface area contributed by atoms with Crippen molar-refractivity contribution in [2.24, 2.45) is 0 Å². The number of nitriles is 1. The van der Waals surface area contributed by atoms with E-state index >= 15 is 0 Å². The van der Waals surface area contributed by atoms with Gasteiger partial charge in [0, 0.05) is 11.3 Å². The summed E-state index contributed by atoms with van der Waals surface area (Å²) in [6.07, 6.45) is 1.41. The molecule has 0 radical (unpaired) electrons. The van der Waals surface area contributed by atoms with Crippen LogP contribution >= 0.6 is 0 Å². The van der Waals surface area contributed by atoms with Gasteiger partial charge in [-0.05, 0) is 48.0 Å². The number of rotatable bonds is 5. The highest BCUT2D eigenvalue weighted by molar-refractivity contribution is 6.10. The summed E-state index contributed by atoms with van der Waals surface area (Å²) >= 11 is 0. The van der Waals surface area contributed by atoms with Crippen LogP contribution in [0.15, 0.2) is 96.6 Å². The maximum absolute atomic E-state index is 13.0. The number of hydrogen-bond donors (Lipinski definition) is 1. The molecule has 0 bridgehead atoms. The van der Waals surface area contributed by atoms with E-state index in [0.29, 0.717) is 16.8 Å². The number of benzene rings is 4. The monoisotopic (exact) mass is 432 g/mol. The topological polar surface area (TPSA) is 79.2 Å². The zero-order chi connectivity index (χ0) is 23.2. The molecule has 0 spiro atoms. The highest BCUT2D eigenvalue weighted by atomic mass is 16.5. The molecule has 4 aromatic carbocycles. The first-order chi connectivity index (χ1) is 16.0. The number of hydrogen-bond acceptors (Lipinski definition) is 4. The molecule has 0 unspecified atom stereocenters. The first kappa shape index (κ1) is 21.5. The van der Waals surface area contributed by atoms with E-state index in [1.165, 1.54) is 6.08 Å². The lowest BCUT2D eigenvalue weighted by molar-refractivity contribution is -0.112. The molecule has 0 aliphatic carbocycles. The van der Waals surface area contributed by atoms with Crippen LogP contribution in [0.4, 0.5) is 5.69 Å². The summed E-state index contributed by atoms with van der Waals surface area (Å²) in [7, 11) is 0. The maximum Gasteiger partial charge on any atom is 0.344 e. The number of aryl methyl sites for hydroxylation is 1. The number of nitrogens with zero attached hydrogens (tertiary/aromatic N) is 1. The molecule has 1 N–H and O–H groups in total. The summed E-state index contributed by atoms with van der Waals surface area (Å²) in [4.78, 5) is 25.6. The van der Waals surface area contributed by atoms with Gasteiger partial charge >= 0.3 is 5.97 Å². The standard InChI is InChI=1S/C28H20N2O3/c1-19-13-15-23(16-14-19)30-27(31)22(18-29)17-21-8-3-5-12-26(21)33-28(32)25-11-6-9-20-7-2-4-10-24(20)25/h2-17H,1H3,(H,30,31)/b22-17+. The Labute approximate surface area is 191 Å². The molecular weight excluding hydrogens is 412 g/mol. The summed E-state index contributed by atoms with van der Waals surface area (Å²) in [5.74, 6) is -0.807. The summed E-state index contributed by atoms with van der Waals surface area (Å²) < 4.78 is 5.67. The van der Waals surface area contributed by atoms with Gasteiger partial charge in [0.25, 0.3) is 5.91 Å². The van der Waals surface area contributed by atoms with Crippen molar-refractivity contribution in [1.29, 1.82) is 5.26 Å². The van der Waals surface area contributed by atoms with Crippen LogP contribution in [0.5, 0.6) is 5.75 Å². The van der Waals surface area contributed by atoms with Crippen molar-refractivity contribution in [2.45, 2.75) is 6.92 Å². The molecule has 1 amide bonds. The number of para-hydroxylation sites is 1. The lowest BCUT2D eigenvalue weighted by atomic mass is 10.0. The van der Waals surface area contributed by atoms with Gasteiger partial charge in [-0.1, -0.05) is 72.3 Å². The van der Waals surface area contributed by atoms with E-state index in [0.717, 1.165) is 16.3 Å². The summed E-state index contributed by atoms with van der Waals surface area (Å²) in [5.41, 5.74) is 2.42. The third-order valence-corrected chi connectivity index (χ3v) is 5.11. The molecular formula is C28H20N2O3. The van der Waals surface area contributed by atoms with Gasteiger partial charge in [0.15, 0.2) is 0 Å². The number of carbonyl (C=O) groups is 2. The van der Waals surface area contributed by atoms with Crippen molar-refractivity contribution in [3.8, 4) is 11.8 Å². The van der Waals surface area contributed by atoms with Crippen molar-refractivity contribution in [1.82, 2.24) is 0 Å². The van der Waals surface area contributed by atoms with Crippen LogP contribution in [0.3, 0.4) is 0 Å². The smallest absolute Gasteiger partial charge is 0.344 e. The SMILES string of the molecule is Cc1ccc(NC(=O)/C(C#N)=C/c2ccccc2OC(=O)c2cccc3ccccc23)cc1. The normalized spacial score (nSPS) is 11.0. The minimum absolute atomic E-state index is 0.107. The molecule has 5 nitrogen and oxygen atoms in total. The minimum atomic E-state index is -0.545. The van der Waals surface area contributed by atoms with Gasteiger partial charge < -0.3 is 10.1 Å². The van der Waals surface area contributed by atoms with Crippen LogP contribution in [-0.4, -0.2) is 11.9 Å². The second-order valence-corrected chi connectivity index (χ2v) is 7.44. The zero-order valence-corrected chi connectivity index (χ0v) is 17.9. The van der Waals surface area contributed by atoms with Crippen LogP contribution < -0.4 is 10.1 Å². The van der Waals surface area contributed by atoms with Crippen molar-refractivity contribution in [3.63, 3.8) is 0 Å². The van der Waals surface area contributed by atoms with E-state index in [-0.39, 0.29) is 11.3 Å². The average Bonchev–Trinajstić information content (AvgIpc) is 2.84. The Kier molecular flexibility index (Phi) is 6.28. The Morgan fingerprint density at radius 2 is 1.58 bits per heavy atom. The molecule has 33 heavy (non-hydrogen) atoms. The lowest BCUT2D eigenvalue weighted by Crippen LogP contribution is -2.13. The first-order valence-electron chi connectivity index (χ1n) is 10.3. The second-order valence-electron chi connectivity index (χ2n) is 7.44. The Morgan fingerprint density at radius 1 is 0.879 bits per heavy atom. The number of amides is 1. The van der Waals surface area contributed by atoms with Gasteiger partial charge in [0.05, 0.1) is 5.56 Å². The van der Waals surface area contributed by atoms with E-state index in [9.17, 15) is 14.9 Å². The van der Waals surface area contributed by atoms with Gasteiger partial charge in [0.1, 0.15) is 17.4 Å². The van der Waals surface area contributed by atoms with Crippen LogP contribution in [0.2, 0.25) is 0 Å². The highest BCUT2D eigenvalue weighted by Crippen LogP contribution is 2.25. The van der Waals surface area contributed by atoms with Gasteiger partial charge in [0.2, 0.25) is 0 Å². The van der Waals surface area contributed by atoms with Crippen LogP contribution in [0.25, 0.3) is 16.8 Å². The molecule has 0 saturated carbocycles. The zero-order valence-electron chi connectivity index (χ0n) is 17.9. The predicted molar refractivity (Wildman–Crippen MR) is 129 cm³/mol. The molecule has 0 aliphatic rings. The van der Waals surface area contributed by atoms with Gasteiger partial charge in [-0.3, -0.25) is 4.79 Å². The molecule has 0 fully saturated rings. The summed E-state index contributed by atoms with van der Waals surface area (Å²) in [6, 6.07) is 29.0. The molecule has 160 valence electrons. The van der Waals surface area contributed by atoms with Crippen molar-refractivity contribution < 1.29 is 14.3 Å². The van der Waals surface area contributed by atoms with Crippen LogP contribution in [0, 0.1) is 18.3 Å². The number of nitrogens with one attached hydrogen (secondary N) is 1. The number of ether oxygens (including phenoxy) is 1. The molecule has 4 rings (SSSR count). The third kappa shape index (κ3) is 4.97. The fourth-order valence-electron chi connectivity index (χ4n) is 3.39. The fourth-order valence-corrected chi connectivity index (χ4v) is 3.39. The molecule has 0 saturated heterocycles. The van der Waals surface area contributed by atoms with Gasteiger partial charge in [-0.15, -0.1) is 0 Å². The van der Waals surface area contributed by atoms with E-state index in [2.05, 4.69) is 5.32 Å². The predicted octanol–water partition coefficient (Wildman–Crippen LogP) is 5.91. The summed E-state index contributed by atoms with van der Waals surface area (Å²) in [5, 5.41) is 14.0. The number of anilines is 1. The molecule has 0 atom stereocenters. The number of carbonyl (C=O) groups excluding carboxylic acids is 2. The van der Waals surface area contributed by atoms with Crippen LogP contribution in [-0.2, 0) is 4.79 Å². The average molecular weight is 432 g/mol. The van der Waals surface area contributed by atoms with Crippen molar-refractivity contribution in [3.05, 3.63) is 113 Å². The van der Waals surface area contributed by atoms with Crippen molar-refractivity contribution in [2.75, 3.05) is 5.32 Å². The first-order valence-corrected chi connectivity index (χ1v) is 10.3. The van der Waals surface area contributed by atoms with E-state index in [4.69, 9.17) is 4.74 Å². The van der Waals surface area contributed by atoms with E-state index < -0.39 is 11.9 Å². The molecule has 4 aromatic rings. The Morgan fingerprint density at radius 3 is 2.36 bits per heavy atom. The Hall–Kier alpha value is -4.69. The number of esters is 1. The molecule has 0 aliphatic heterocycles. The third-order valence-electron chi connectivity index (χ3n) is 5.11. The van der Waals surface area contributed by atoms with Gasteiger partial charge in [-0.2, -0.15) is 5.26 Å². The molecule has 5 heteroatoms. The van der Waals surface area contributed by atoms with Gasteiger partial charge in [-0.25, -0.2) is 4.79 Å². The second kappa shape index (κ2) is 9.63. The molecule has 0 heterocycles. The largest absolute Gasteiger partial charge is 0.422 e. The minimum Gasteiger partial charge on any atom is -0.422 e. The van der Waals surface area contributed by atoms with Crippen molar-refractivity contribution >= 4 is 34.4 Å². The number of fused-ring (bicyclic) bond motifs is 1. The van der Waals surface area contributed by atoms with E-state index in [1.807, 2.05) is 55.5 Å². The Bertz CT molecular complexity index is 1410. The quantitative estimate of drug-likeness (QED) is 0.184. The maximum atomic E-state index is 13.0. The van der Waals surface area contributed by atoms with E-state index in [1.54, 1.807) is 48.5 Å². The lowest BCUT2D eigenvalue weighted by Gasteiger charge is -2.10.